The molecular formula is C20H13N3O2. The Morgan fingerprint density at radius 1 is 0.840 bits per heavy atom. The van der Waals surface area contributed by atoms with Crippen molar-refractivity contribution in [1.29, 1.82) is 0 Å². The highest BCUT2D eigenvalue weighted by molar-refractivity contribution is 5.93. The highest BCUT2D eigenvalue weighted by atomic mass is 16.6. The van der Waals surface area contributed by atoms with Gasteiger partial charge in [-0.2, -0.15) is 0 Å². The molecule has 0 saturated carbocycles. The third-order valence-electron chi connectivity index (χ3n) is 4.00. The fourth-order valence-electron chi connectivity index (χ4n) is 2.83. The van der Waals surface area contributed by atoms with E-state index in [2.05, 4.69) is 9.97 Å². The summed E-state index contributed by atoms with van der Waals surface area (Å²) in [5.74, 6) is 0. The van der Waals surface area contributed by atoms with E-state index < -0.39 is 4.92 Å². The first-order valence-corrected chi connectivity index (χ1v) is 7.78. The van der Waals surface area contributed by atoms with E-state index in [0.717, 1.165) is 22.2 Å². The molecule has 0 unspecified atom stereocenters. The van der Waals surface area contributed by atoms with Gasteiger partial charge in [-0.25, -0.2) is 4.98 Å². The quantitative estimate of drug-likeness (QED) is 0.397. The molecule has 4 rings (SSSR count). The minimum Gasteiger partial charge on any atom is -0.258 e. The molecule has 120 valence electrons. The minimum atomic E-state index is -0.399. The maximum atomic E-state index is 11.1. The first-order chi connectivity index (χ1) is 12.2. The van der Waals surface area contributed by atoms with Crippen molar-refractivity contribution in [2.45, 2.75) is 0 Å². The molecule has 25 heavy (non-hydrogen) atoms. The minimum absolute atomic E-state index is 0.0480. The third kappa shape index (κ3) is 2.83. The van der Waals surface area contributed by atoms with E-state index in [4.69, 9.17) is 0 Å². The Hall–Kier alpha value is -3.60. The number of aromatic nitrogens is 2. The van der Waals surface area contributed by atoms with Crippen molar-refractivity contribution < 1.29 is 4.92 Å². The zero-order chi connectivity index (χ0) is 17.2. The summed E-state index contributed by atoms with van der Waals surface area (Å²) < 4.78 is 0. The Kier molecular flexibility index (Phi) is 3.67. The van der Waals surface area contributed by atoms with Gasteiger partial charge >= 0.3 is 0 Å². The lowest BCUT2D eigenvalue weighted by molar-refractivity contribution is -0.384. The van der Waals surface area contributed by atoms with Gasteiger partial charge in [-0.05, 0) is 23.8 Å². The SMILES string of the molecule is O=[N+]([O-])c1cccc(-c2cc(-c3ccccc3)c3ncccc3n2)c1. The van der Waals surface area contributed by atoms with Crippen molar-refractivity contribution in [3.05, 3.63) is 89.1 Å². The van der Waals surface area contributed by atoms with Gasteiger partial charge in [0.25, 0.3) is 5.69 Å². The molecule has 4 aromatic rings. The molecule has 0 aliphatic heterocycles. The molecule has 5 heteroatoms. The number of fused-ring (bicyclic) bond motifs is 1. The molecule has 2 aromatic heterocycles. The van der Waals surface area contributed by atoms with Crippen LogP contribution in [-0.4, -0.2) is 14.9 Å². The van der Waals surface area contributed by atoms with Gasteiger partial charge in [0.15, 0.2) is 0 Å². The summed E-state index contributed by atoms with van der Waals surface area (Å²) >= 11 is 0. The number of benzene rings is 2. The lowest BCUT2D eigenvalue weighted by Crippen LogP contribution is -1.93. The van der Waals surface area contributed by atoms with E-state index in [1.165, 1.54) is 6.07 Å². The summed E-state index contributed by atoms with van der Waals surface area (Å²) in [7, 11) is 0. The average Bonchev–Trinajstić information content (AvgIpc) is 2.68. The van der Waals surface area contributed by atoms with Gasteiger partial charge in [0.2, 0.25) is 0 Å². The van der Waals surface area contributed by atoms with Crippen molar-refractivity contribution in [1.82, 2.24) is 9.97 Å². The lowest BCUT2D eigenvalue weighted by atomic mass is 10.0. The smallest absolute Gasteiger partial charge is 0.258 e. The predicted molar refractivity (Wildman–Crippen MR) is 97.1 cm³/mol. The van der Waals surface area contributed by atoms with Crippen LogP contribution < -0.4 is 0 Å². The molecule has 0 bridgehead atoms. The van der Waals surface area contributed by atoms with Crippen LogP contribution >= 0.6 is 0 Å². The standard InChI is InChI=1S/C20H13N3O2/c24-23(25)16-9-4-8-15(12-16)19-13-17(14-6-2-1-3-7-14)20-18(22-19)10-5-11-21-20/h1-13H. The second kappa shape index (κ2) is 6.13. The van der Waals surface area contributed by atoms with Gasteiger partial charge in [-0.1, -0.05) is 42.5 Å². The second-order valence-electron chi connectivity index (χ2n) is 5.60. The highest BCUT2D eigenvalue weighted by Gasteiger charge is 2.12. The first kappa shape index (κ1) is 15.0. The fourth-order valence-corrected chi connectivity index (χ4v) is 2.83. The van der Waals surface area contributed by atoms with Crippen molar-refractivity contribution in [2.24, 2.45) is 0 Å². The van der Waals surface area contributed by atoms with Gasteiger partial charge in [0.1, 0.15) is 0 Å². The maximum absolute atomic E-state index is 11.1. The summed E-state index contributed by atoms with van der Waals surface area (Å²) in [6, 6.07) is 22.1. The van der Waals surface area contributed by atoms with Crippen LogP contribution in [0.3, 0.4) is 0 Å². The van der Waals surface area contributed by atoms with Crippen LogP contribution in [0.25, 0.3) is 33.4 Å². The van der Waals surface area contributed by atoms with Gasteiger partial charge < -0.3 is 0 Å². The lowest BCUT2D eigenvalue weighted by Gasteiger charge is -2.09. The Bertz CT molecular complexity index is 1080. The van der Waals surface area contributed by atoms with Crippen LogP contribution in [-0.2, 0) is 0 Å². The Morgan fingerprint density at radius 3 is 2.44 bits per heavy atom. The van der Waals surface area contributed by atoms with Crippen LogP contribution in [0.5, 0.6) is 0 Å². The van der Waals surface area contributed by atoms with Gasteiger partial charge in [0, 0.05) is 29.5 Å². The van der Waals surface area contributed by atoms with Crippen molar-refractivity contribution in [3.63, 3.8) is 0 Å². The van der Waals surface area contributed by atoms with Crippen molar-refractivity contribution >= 4 is 16.7 Å². The number of non-ortho nitro benzene ring substituents is 1. The normalized spacial score (nSPS) is 10.7. The largest absolute Gasteiger partial charge is 0.270 e. The zero-order valence-corrected chi connectivity index (χ0v) is 13.2. The number of hydrogen-bond donors (Lipinski definition) is 0. The number of nitrogens with zero attached hydrogens (tertiary/aromatic N) is 3. The molecule has 0 amide bonds. The number of rotatable bonds is 3. The molecular weight excluding hydrogens is 314 g/mol. The van der Waals surface area contributed by atoms with Crippen LogP contribution in [0.4, 0.5) is 5.69 Å². The molecule has 0 atom stereocenters. The molecule has 0 aliphatic carbocycles. The van der Waals surface area contributed by atoms with E-state index >= 15 is 0 Å². The van der Waals surface area contributed by atoms with E-state index in [0.29, 0.717) is 11.3 Å². The monoisotopic (exact) mass is 327 g/mol. The fraction of sp³-hybridized carbons (Fsp3) is 0. The zero-order valence-electron chi connectivity index (χ0n) is 13.2. The van der Waals surface area contributed by atoms with Crippen LogP contribution in [0, 0.1) is 10.1 Å². The highest BCUT2D eigenvalue weighted by Crippen LogP contribution is 2.31. The van der Waals surface area contributed by atoms with Crippen LogP contribution in [0.1, 0.15) is 0 Å². The molecule has 0 spiro atoms. The number of nitro benzene ring substituents is 1. The molecule has 0 radical (unpaired) electrons. The molecule has 0 N–H and O–H groups in total. The molecule has 5 nitrogen and oxygen atoms in total. The maximum Gasteiger partial charge on any atom is 0.270 e. The molecule has 0 saturated heterocycles. The van der Waals surface area contributed by atoms with E-state index in [1.807, 2.05) is 54.6 Å². The number of nitro groups is 1. The summed E-state index contributed by atoms with van der Waals surface area (Å²) in [6.45, 7) is 0. The van der Waals surface area contributed by atoms with Gasteiger partial charge in [-0.3, -0.25) is 15.1 Å². The van der Waals surface area contributed by atoms with Crippen LogP contribution in [0.2, 0.25) is 0 Å². The molecule has 0 aliphatic rings. The Balaban J connectivity index is 1.97. The molecule has 0 fully saturated rings. The topological polar surface area (TPSA) is 68.9 Å². The second-order valence-corrected chi connectivity index (χ2v) is 5.60. The number of pyridine rings is 2. The summed E-state index contributed by atoms with van der Waals surface area (Å²) in [5, 5.41) is 11.1. The Morgan fingerprint density at radius 2 is 1.64 bits per heavy atom. The average molecular weight is 327 g/mol. The number of hydrogen-bond acceptors (Lipinski definition) is 4. The van der Waals surface area contributed by atoms with E-state index in [1.54, 1.807) is 18.3 Å². The van der Waals surface area contributed by atoms with E-state index in [9.17, 15) is 10.1 Å². The summed E-state index contributed by atoms with van der Waals surface area (Å²) in [6.07, 6.45) is 1.74. The van der Waals surface area contributed by atoms with Crippen molar-refractivity contribution in [3.8, 4) is 22.4 Å². The molecule has 2 aromatic carbocycles. The van der Waals surface area contributed by atoms with Gasteiger partial charge in [-0.15, -0.1) is 0 Å². The van der Waals surface area contributed by atoms with Crippen LogP contribution in [0.15, 0.2) is 79.0 Å². The van der Waals surface area contributed by atoms with Gasteiger partial charge in [0.05, 0.1) is 21.7 Å². The summed E-state index contributed by atoms with van der Waals surface area (Å²) in [4.78, 5) is 19.8. The Labute approximate surface area is 143 Å². The first-order valence-electron chi connectivity index (χ1n) is 7.78. The van der Waals surface area contributed by atoms with E-state index in [-0.39, 0.29) is 5.69 Å². The van der Waals surface area contributed by atoms with Crippen molar-refractivity contribution in [2.75, 3.05) is 0 Å². The third-order valence-corrected chi connectivity index (χ3v) is 4.00. The molecule has 2 heterocycles. The summed E-state index contributed by atoms with van der Waals surface area (Å²) in [5.41, 5.74) is 4.98. The predicted octanol–water partition coefficient (Wildman–Crippen LogP) is 4.87.